The molecule has 2 N–H and O–H groups in total. The molecule has 0 saturated carbocycles. The second-order valence-electron chi connectivity index (χ2n) is 6.36. The molecule has 0 fully saturated rings. The van der Waals surface area contributed by atoms with Crippen molar-refractivity contribution in [1.29, 1.82) is 0 Å². The van der Waals surface area contributed by atoms with Gasteiger partial charge in [-0.05, 0) is 24.3 Å². The van der Waals surface area contributed by atoms with Gasteiger partial charge in [-0.1, -0.05) is 36.4 Å². The van der Waals surface area contributed by atoms with Gasteiger partial charge in [0.15, 0.2) is 29.7 Å². The number of phenolic OH excluding ortho intramolecular Hbond substituents is 1. The van der Waals surface area contributed by atoms with E-state index < -0.39 is 29.9 Å². The molecule has 0 unspecified atom stereocenters. The van der Waals surface area contributed by atoms with Gasteiger partial charge in [0.25, 0.3) is 5.91 Å². The maximum atomic E-state index is 13.6. The molecule has 4 rings (SSSR count). The lowest BCUT2D eigenvalue weighted by Crippen LogP contribution is -2.22. The molecule has 6 nitrogen and oxygen atoms in total. The van der Waals surface area contributed by atoms with Crippen molar-refractivity contribution in [3.8, 4) is 11.5 Å². The number of ether oxygens (including phenoxy) is 1. The van der Waals surface area contributed by atoms with Gasteiger partial charge in [0.1, 0.15) is 5.82 Å². The summed E-state index contributed by atoms with van der Waals surface area (Å²) in [4.78, 5) is 37.4. The second kappa shape index (κ2) is 7.20. The predicted molar refractivity (Wildman–Crippen MR) is 102 cm³/mol. The number of anilines is 1. The molecule has 0 heterocycles. The van der Waals surface area contributed by atoms with E-state index in [1.807, 2.05) is 0 Å². The summed E-state index contributed by atoms with van der Waals surface area (Å²) in [6, 6.07) is 14.7. The quantitative estimate of drug-likeness (QED) is 0.557. The third-order valence-corrected chi connectivity index (χ3v) is 4.54. The third-order valence-electron chi connectivity index (χ3n) is 4.54. The molecule has 0 spiro atoms. The fourth-order valence-electron chi connectivity index (χ4n) is 3.16. The Hall–Kier alpha value is -4.00. The van der Waals surface area contributed by atoms with Gasteiger partial charge in [0.2, 0.25) is 0 Å². The average Bonchev–Trinajstić information content (AvgIpc) is 2.72. The van der Waals surface area contributed by atoms with Gasteiger partial charge < -0.3 is 15.2 Å². The molecule has 3 aromatic carbocycles. The molecule has 1 aliphatic rings. The average molecular weight is 391 g/mol. The Morgan fingerprint density at radius 3 is 2.28 bits per heavy atom. The molecule has 0 bridgehead atoms. The molecule has 0 saturated heterocycles. The Balaban J connectivity index is 1.56. The summed E-state index contributed by atoms with van der Waals surface area (Å²) >= 11 is 0. The van der Waals surface area contributed by atoms with E-state index in [-0.39, 0.29) is 39.5 Å². The van der Waals surface area contributed by atoms with E-state index >= 15 is 0 Å². The van der Waals surface area contributed by atoms with Crippen molar-refractivity contribution in [2.75, 3.05) is 11.9 Å². The van der Waals surface area contributed by atoms with Crippen molar-refractivity contribution in [2.45, 2.75) is 0 Å². The van der Waals surface area contributed by atoms with E-state index in [1.165, 1.54) is 36.4 Å². The van der Waals surface area contributed by atoms with E-state index in [1.54, 1.807) is 24.3 Å². The highest BCUT2D eigenvalue weighted by atomic mass is 19.1. The molecule has 0 radical (unpaired) electrons. The van der Waals surface area contributed by atoms with Gasteiger partial charge in [0, 0.05) is 16.7 Å². The largest absolute Gasteiger partial charge is 0.504 e. The number of nitrogens with one attached hydrogen (secondary N) is 1. The fraction of sp³-hybridized carbons (Fsp3) is 0.0455. The molecule has 1 amide bonds. The summed E-state index contributed by atoms with van der Waals surface area (Å²) < 4.78 is 18.9. The summed E-state index contributed by atoms with van der Waals surface area (Å²) in [7, 11) is 0. The summed E-state index contributed by atoms with van der Waals surface area (Å²) in [5.41, 5.74) is 0.347. The zero-order valence-corrected chi connectivity index (χ0v) is 14.9. The highest BCUT2D eigenvalue weighted by Gasteiger charge is 2.33. The Morgan fingerprint density at radius 2 is 1.55 bits per heavy atom. The number of amides is 1. The number of aromatic hydroxyl groups is 1. The van der Waals surface area contributed by atoms with Crippen molar-refractivity contribution < 1.29 is 28.6 Å². The lowest BCUT2D eigenvalue weighted by atomic mass is 9.83. The molecule has 0 aliphatic heterocycles. The van der Waals surface area contributed by atoms with Gasteiger partial charge >= 0.3 is 0 Å². The number of ketones is 2. The van der Waals surface area contributed by atoms with Crippen LogP contribution < -0.4 is 10.1 Å². The number of carbonyl (C=O) groups is 3. The fourth-order valence-corrected chi connectivity index (χ4v) is 3.16. The summed E-state index contributed by atoms with van der Waals surface area (Å²) in [6.07, 6.45) is 0. The first-order valence-electron chi connectivity index (χ1n) is 8.69. The van der Waals surface area contributed by atoms with Crippen LogP contribution in [0, 0.1) is 5.82 Å². The molecule has 29 heavy (non-hydrogen) atoms. The maximum absolute atomic E-state index is 13.6. The van der Waals surface area contributed by atoms with Crippen LogP contribution in [0.5, 0.6) is 11.5 Å². The minimum absolute atomic E-state index is 0.00635. The van der Waals surface area contributed by atoms with Crippen LogP contribution in [0.25, 0.3) is 0 Å². The zero-order chi connectivity index (χ0) is 20.5. The number of phenols is 1. The number of rotatable bonds is 4. The van der Waals surface area contributed by atoms with Crippen molar-refractivity contribution in [3.63, 3.8) is 0 Å². The Morgan fingerprint density at radius 1 is 0.897 bits per heavy atom. The lowest BCUT2D eigenvalue weighted by Gasteiger charge is -2.19. The Bertz CT molecular complexity index is 1170. The van der Waals surface area contributed by atoms with E-state index in [0.717, 1.165) is 0 Å². The molecule has 3 aromatic rings. The maximum Gasteiger partial charge on any atom is 0.262 e. The van der Waals surface area contributed by atoms with Gasteiger partial charge in [-0.15, -0.1) is 0 Å². The minimum atomic E-state index is -0.653. The zero-order valence-electron chi connectivity index (χ0n) is 14.9. The summed E-state index contributed by atoms with van der Waals surface area (Å²) in [5, 5.41) is 12.9. The number of para-hydroxylation sites is 1. The Kier molecular flexibility index (Phi) is 4.56. The van der Waals surface area contributed by atoms with Gasteiger partial charge in [-0.25, -0.2) is 4.39 Å². The van der Waals surface area contributed by atoms with Crippen LogP contribution in [0.15, 0.2) is 60.7 Å². The van der Waals surface area contributed by atoms with Crippen LogP contribution in [0.3, 0.4) is 0 Å². The summed E-state index contributed by atoms with van der Waals surface area (Å²) in [5.74, 6) is -2.79. The molecular formula is C22H14FNO5. The second-order valence-corrected chi connectivity index (χ2v) is 6.36. The smallest absolute Gasteiger partial charge is 0.262 e. The van der Waals surface area contributed by atoms with E-state index in [9.17, 15) is 23.9 Å². The predicted octanol–water partition coefficient (Wildman–Crippen LogP) is 3.32. The molecular weight excluding hydrogens is 377 g/mol. The van der Waals surface area contributed by atoms with Gasteiger partial charge in [0.05, 0.1) is 11.3 Å². The lowest BCUT2D eigenvalue weighted by molar-refractivity contribution is -0.118. The minimum Gasteiger partial charge on any atom is -0.504 e. The normalized spacial score (nSPS) is 12.2. The van der Waals surface area contributed by atoms with Crippen molar-refractivity contribution in [1.82, 2.24) is 0 Å². The van der Waals surface area contributed by atoms with Gasteiger partial charge in [-0.2, -0.15) is 0 Å². The van der Waals surface area contributed by atoms with E-state index in [2.05, 4.69) is 5.32 Å². The molecule has 0 atom stereocenters. The van der Waals surface area contributed by atoms with Crippen LogP contribution in [0.4, 0.5) is 10.1 Å². The monoisotopic (exact) mass is 391 g/mol. The standard InChI is InChI=1S/C22H14FNO5/c23-15-7-3-4-8-16(15)24-18(25)11-29-17-10-9-14-19(22(17)28)21(27)13-6-2-1-5-12(13)20(14)26/h1-10,28H,11H2,(H,24,25). The van der Waals surface area contributed by atoms with Crippen LogP contribution in [0.2, 0.25) is 0 Å². The van der Waals surface area contributed by atoms with Crippen LogP contribution in [0.1, 0.15) is 31.8 Å². The van der Waals surface area contributed by atoms with Crippen LogP contribution in [-0.4, -0.2) is 29.2 Å². The van der Waals surface area contributed by atoms with E-state index in [4.69, 9.17) is 4.74 Å². The molecule has 144 valence electrons. The highest BCUT2D eigenvalue weighted by Crippen LogP contribution is 2.38. The first kappa shape index (κ1) is 18.4. The van der Waals surface area contributed by atoms with Crippen LogP contribution in [-0.2, 0) is 4.79 Å². The van der Waals surface area contributed by atoms with Crippen molar-refractivity contribution >= 4 is 23.2 Å². The topological polar surface area (TPSA) is 92.7 Å². The molecule has 1 aliphatic carbocycles. The van der Waals surface area contributed by atoms with Crippen LogP contribution >= 0.6 is 0 Å². The SMILES string of the molecule is O=C(COc1ccc2c(c1O)C(=O)c1ccccc1C2=O)Nc1ccccc1F. The third kappa shape index (κ3) is 3.23. The first-order valence-corrected chi connectivity index (χ1v) is 8.69. The van der Waals surface area contributed by atoms with E-state index in [0.29, 0.717) is 0 Å². The van der Waals surface area contributed by atoms with Gasteiger partial charge in [-0.3, -0.25) is 14.4 Å². The number of carbonyl (C=O) groups excluding carboxylic acids is 3. The number of halogens is 1. The molecule has 0 aromatic heterocycles. The summed E-state index contributed by atoms with van der Waals surface area (Å²) in [6.45, 7) is -0.528. The number of hydrogen-bond acceptors (Lipinski definition) is 5. The molecule has 7 heteroatoms. The van der Waals surface area contributed by atoms with Crippen molar-refractivity contribution in [2.24, 2.45) is 0 Å². The highest BCUT2D eigenvalue weighted by molar-refractivity contribution is 6.29. The Labute approximate surface area is 164 Å². The number of benzene rings is 3. The number of hydrogen-bond donors (Lipinski definition) is 2. The number of fused-ring (bicyclic) bond motifs is 2. The van der Waals surface area contributed by atoms with Crippen molar-refractivity contribution in [3.05, 3.63) is 88.7 Å². The first-order chi connectivity index (χ1) is 14.0.